The Morgan fingerprint density at radius 3 is 2.87 bits per heavy atom. The zero-order valence-electron chi connectivity index (χ0n) is 8.93. The number of carbonyl (C=O) groups is 1. The number of hydrogen-bond donors (Lipinski definition) is 0. The number of Topliss-reactive ketones (excluding diaryl/α,β-unsaturated/α-hetero) is 1. The molecule has 0 aromatic heterocycles. The van der Waals surface area contributed by atoms with Crippen molar-refractivity contribution in [1.29, 1.82) is 0 Å². The van der Waals surface area contributed by atoms with Gasteiger partial charge in [0.05, 0.1) is 0 Å². The molecule has 0 heterocycles. The van der Waals surface area contributed by atoms with Crippen LogP contribution in [0.25, 0.3) is 0 Å². The number of carbonyl (C=O) groups excluding carboxylic acids is 1. The fraction of sp³-hybridized carbons (Fsp3) is 0.308. The summed E-state index contributed by atoms with van der Waals surface area (Å²) in [6, 6.07) is 5.73. The lowest BCUT2D eigenvalue weighted by molar-refractivity contribution is 0.0983. The molecule has 1 aromatic carbocycles. The van der Waals surface area contributed by atoms with Crippen molar-refractivity contribution in [2.75, 3.05) is 0 Å². The van der Waals surface area contributed by atoms with Gasteiger partial charge in [0.15, 0.2) is 5.78 Å². The molecule has 0 bridgehead atoms. The van der Waals surface area contributed by atoms with E-state index in [1.54, 1.807) is 6.92 Å². The average Bonchev–Trinajstić information content (AvgIpc) is 2.22. The summed E-state index contributed by atoms with van der Waals surface area (Å²) in [6.07, 6.45) is 1.12. The van der Waals surface area contributed by atoms with Crippen molar-refractivity contribution < 1.29 is 4.79 Å². The van der Waals surface area contributed by atoms with Crippen molar-refractivity contribution in [3.63, 3.8) is 0 Å². The molecular formula is C13H13BrO. The largest absolute Gasteiger partial charge is 0.294 e. The van der Waals surface area contributed by atoms with E-state index in [2.05, 4.69) is 27.8 Å². The normalized spacial score (nSPS) is 9.27. The third kappa shape index (κ3) is 3.21. The Morgan fingerprint density at radius 2 is 2.20 bits per heavy atom. The molecule has 1 aromatic rings. The second-order valence-electron chi connectivity index (χ2n) is 3.29. The first-order valence-electron chi connectivity index (χ1n) is 4.84. The van der Waals surface area contributed by atoms with Crippen molar-refractivity contribution in [3.05, 3.63) is 33.8 Å². The number of aryl methyl sites for hydroxylation is 1. The predicted molar refractivity (Wildman–Crippen MR) is 65.9 cm³/mol. The molecule has 15 heavy (non-hydrogen) atoms. The highest BCUT2D eigenvalue weighted by molar-refractivity contribution is 9.10. The summed E-state index contributed by atoms with van der Waals surface area (Å²) in [6.45, 7) is 3.76. The van der Waals surface area contributed by atoms with Gasteiger partial charge >= 0.3 is 0 Å². The van der Waals surface area contributed by atoms with E-state index in [4.69, 9.17) is 0 Å². The van der Waals surface area contributed by atoms with E-state index in [0.29, 0.717) is 12.8 Å². The summed E-state index contributed by atoms with van der Waals surface area (Å²) in [5.41, 5.74) is 1.84. The first-order valence-corrected chi connectivity index (χ1v) is 5.64. The summed E-state index contributed by atoms with van der Waals surface area (Å²) >= 11 is 3.43. The maximum atomic E-state index is 11.8. The van der Waals surface area contributed by atoms with Crippen LogP contribution in [0.1, 0.15) is 35.7 Å². The Morgan fingerprint density at radius 1 is 1.47 bits per heavy atom. The third-order valence-electron chi connectivity index (χ3n) is 2.15. The lowest BCUT2D eigenvalue weighted by atomic mass is 10.0. The van der Waals surface area contributed by atoms with Crippen molar-refractivity contribution >= 4 is 21.7 Å². The van der Waals surface area contributed by atoms with E-state index in [-0.39, 0.29) is 5.78 Å². The summed E-state index contributed by atoms with van der Waals surface area (Å²) in [7, 11) is 0. The van der Waals surface area contributed by atoms with Gasteiger partial charge in [0, 0.05) is 22.9 Å². The minimum Gasteiger partial charge on any atom is -0.294 e. The number of hydrogen-bond acceptors (Lipinski definition) is 1. The first-order chi connectivity index (χ1) is 7.16. The topological polar surface area (TPSA) is 17.1 Å². The second-order valence-corrected chi connectivity index (χ2v) is 4.08. The molecule has 2 heteroatoms. The van der Waals surface area contributed by atoms with Crippen LogP contribution >= 0.6 is 15.9 Å². The SMILES string of the molecule is CC#CCCC(=O)c1cccc(C)c1Br. The molecule has 0 atom stereocenters. The van der Waals surface area contributed by atoms with Gasteiger partial charge in [-0.1, -0.05) is 18.2 Å². The van der Waals surface area contributed by atoms with Crippen molar-refractivity contribution in [2.45, 2.75) is 26.7 Å². The highest BCUT2D eigenvalue weighted by Gasteiger charge is 2.09. The summed E-state index contributed by atoms with van der Waals surface area (Å²) < 4.78 is 0.902. The highest BCUT2D eigenvalue weighted by atomic mass is 79.9. The smallest absolute Gasteiger partial charge is 0.164 e. The molecule has 0 saturated heterocycles. The molecule has 0 amide bonds. The Hall–Kier alpha value is -1.07. The Kier molecular flexibility index (Phi) is 4.58. The lowest BCUT2D eigenvalue weighted by Crippen LogP contribution is -2.00. The molecule has 0 aliphatic carbocycles. The fourth-order valence-electron chi connectivity index (χ4n) is 1.30. The Balaban J connectivity index is 2.81. The Bertz CT molecular complexity index is 424. The van der Waals surface area contributed by atoms with E-state index in [0.717, 1.165) is 15.6 Å². The van der Waals surface area contributed by atoms with Crippen molar-refractivity contribution in [3.8, 4) is 11.8 Å². The minimum atomic E-state index is 0.147. The molecule has 0 unspecified atom stereocenters. The van der Waals surface area contributed by atoms with Gasteiger partial charge in [-0.3, -0.25) is 4.79 Å². The Labute approximate surface area is 99.0 Å². The van der Waals surface area contributed by atoms with Crippen LogP contribution in [-0.4, -0.2) is 5.78 Å². The van der Waals surface area contributed by atoms with Gasteiger partial charge in [-0.05, 0) is 35.3 Å². The van der Waals surface area contributed by atoms with Crippen molar-refractivity contribution in [1.82, 2.24) is 0 Å². The molecular weight excluding hydrogens is 252 g/mol. The zero-order valence-corrected chi connectivity index (χ0v) is 10.5. The number of halogens is 1. The quantitative estimate of drug-likeness (QED) is 0.601. The first kappa shape index (κ1) is 12.0. The zero-order chi connectivity index (χ0) is 11.3. The van der Waals surface area contributed by atoms with Crippen LogP contribution in [0.4, 0.5) is 0 Å². The number of ketones is 1. The van der Waals surface area contributed by atoms with Gasteiger partial charge in [-0.25, -0.2) is 0 Å². The molecule has 0 aliphatic heterocycles. The van der Waals surface area contributed by atoms with E-state index in [9.17, 15) is 4.79 Å². The van der Waals surface area contributed by atoms with Gasteiger partial charge < -0.3 is 0 Å². The average molecular weight is 265 g/mol. The molecule has 0 N–H and O–H groups in total. The van der Waals surface area contributed by atoms with Gasteiger partial charge in [-0.2, -0.15) is 0 Å². The highest BCUT2D eigenvalue weighted by Crippen LogP contribution is 2.22. The monoisotopic (exact) mass is 264 g/mol. The maximum absolute atomic E-state index is 11.8. The maximum Gasteiger partial charge on any atom is 0.164 e. The summed E-state index contributed by atoms with van der Waals surface area (Å²) in [5, 5.41) is 0. The van der Waals surface area contributed by atoms with Crippen LogP contribution in [-0.2, 0) is 0 Å². The number of rotatable bonds is 3. The molecule has 1 rings (SSSR count). The molecule has 1 nitrogen and oxygen atoms in total. The molecule has 0 fully saturated rings. The van der Waals surface area contributed by atoms with Crippen LogP contribution in [0, 0.1) is 18.8 Å². The third-order valence-corrected chi connectivity index (χ3v) is 3.20. The van der Waals surface area contributed by atoms with Crippen LogP contribution < -0.4 is 0 Å². The molecule has 0 aliphatic rings. The molecule has 0 spiro atoms. The van der Waals surface area contributed by atoms with E-state index in [1.165, 1.54) is 0 Å². The summed E-state index contributed by atoms with van der Waals surface area (Å²) in [4.78, 5) is 11.8. The van der Waals surface area contributed by atoms with E-state index >= 15 is 0 Å². The van der Waals surface area contributed by atoms with Crippen LogP contribution in [0.3, 0.4) is 0 Å². The standard InChI is InChI=1S/C13H13BrO/c1-3-4-5-9-12(15)11-8-6-7-10(2)13(11)14/h6-8H,5,9H2,1-2H3. The predicted octanol–water partition coefficient (Wildman–Crippen LogP) is 3.74. The molecule has 78 valence electrons. The minimum absolute atomic E-state index is 0.147. The molecule has 0 radical (unpaired) electrons. The fourth-order valence-corrected chi connectivity index (χ4v) is 1.78. The van der Waals surface area contributed by atoms with E-state index in [1.807, 2.05) is 25.1 Å². The van der Waals surface area contributed by atoms with Gasteiger partial charge in [0.25, 0.3) is 0 Å². The van der Waals surface area contributed by atoms with Crippen molar-refractivity contribution in [2.24, 2.45) is 0 Å². The summed E-state index contributed by atoms with van der Waals surface area (Å²) in [5.74, 6) is 5.83. The number of benzene rings is 1. The van der Waals surface area contributed by atoms with Crippen LogP contribution in [0.15, 0.2) is 22.7 Å². The second kappa shape index (κ2) is 5.72. The van der Waals surface area contributed by atoms with E-state index < -0.39 is 0 Å². The van der Waals surface area contributed by atoms with Gasteiger partial charge in [0.1, 0.15) is 0 Å². The van der Waals surface area contributed by atoms with Crippen LogP contribution in [0.5, 0.6) is 0 Å². The molecule has 0 saturated carbocycles. The van der Waals surface area contributed by atoms with Gasteiger partial charge in [-0.15, -0.1) is 11.8 Å². The van der Waals surface area contributed by atoms with Gasteiger partial charge in [0.2, 0.25) is 0 Å². The lowest BCUT2D eigenvalue weighted by Gasteiger charge is -2.04. The van der Waals surface area contributed by atoms with Crippen LogP contribution in [0.2, 0.25) is 0 Å².